The van der Waals surface area contributed by atoms with E-state index in [1.807, 2.05) is 13.0 Å². The van der Waals surface area contributed by atoms with Gasteiger partial charge < -0.3 is 0 Å². The van der Waals surface area contributed by atoms with E-state index < -0.39 is 0 Å². The lowest BCUT2D eigenvalue weighted by atomic mass is 10.1. The normalized spacial score (nSPS) is 19.1. The van der Waals surface area contributed by atoms with Crippen LogP contribution in [0.25, 0.3) is 0 Å². The molecule has 1 atom stereocenters. The Hall–Kier alpha value is -1.15. The molecule has 1 aromatic rings. The second-order valence-corrected chi connectivity index (χ2v) is 5.21. The Balaban J connectivity index is 1.93. The van der Waals surface area contributed by atoms with Gasteiger partial charge in [0, 0.05) is 32.7 Å². The summed E-state index contributed by atoms with van der Waals surface area (Å²) in [6.45, 7) is 6.05. The van der Waals surface area contributed by atoms with Crippen LogP contribution >= 0.6 is 11.6 Å². The summed E-state index contributed by atoms with van der Waals surface area (Å²) < 4.78 is 13.4. The number of halogens is 2. The summed E-state index contributed by atoms with van der Waals surface area (Å²) in [5.41, 5.74) is 0.823. The van der Waals surface area contributed by atoms with E-state index >= 15 is 0 Å². The lowest BCUT2D eigenvalue weighted by molar-refractivity contribution is 0.114. The molecule has 1 aliphatic rings. The molecule has 1 aromatic carbocycles. The second kappa shape index (κ2) is 6.33. The molecule has 1 heterocycles. The fourth-order valence-corrected chi connectivity index (χ4v) is 2.49. The van der Waals surface area contributed by atoms with E-state index in [9.17, 15) is 4.39 Å². The van der Waals surface area contributed by atoms with Crippen molar-refractivity contribution < 1.29 is 4.39 Å². The van der Waals surface area contributed by atoms with Crippen molar-refractivity contribution in [3.63, 3.8) is 0 Å². The van der Waals surface area contributed by atoms with Crippen molar-refractivity contribution >= 4 is 11.6 Å². The van der Waals surface area contributed by atoms with Gasteiger partial charge in [-0.25, -0.2) is 4.39 Å². The van der Waals surface area contributed by atoms with Crippen molar-refractivity contribution in [3.05, 3.63) is 34.6 Å². The molecule has 0 saturated carbocycles. The average molecular weight is 282 g/mol. The maximum atomic E-state index is 13.4. The van der Waals surface area contributed by atoms with Crippen LogP contribution in [0.1, 0.15) is 12.5 Å². The second-order valence-electron chi connectivity index (χ2n) is 4.83. The van der Waals surface area contributed by atoms with Crippen molar-refractivity contribution in [2.45, 2.75) is 19.5 Å². The zero-order chi connectivity index (χ0) is 13.8. The molecule has 0 bridgehead atoms. The van der Waals surface area contributed by atoms with Crippen molar-refractivity contribution in [1.82, 2.24) is 9.80 Å². The molecule has 0 aliphatic carbocycles. The molecule has 1 aliphatic heterocycles. The van der Waals surface area contributed by atoms with Crippen LogP contribution in [0.5, 0.6) is 0 Å². The van der Waals surface area contributed by atoms with Crippen LogP contribution in [0.4, 0.5) is 4.39 Å². The molecule has 5 heteroatoms. The topological polar surface area (TPSA) is 30.3 Å². The number of piperazine rings is 1. The lowest BCUT2D eigenvalue weighted by Gasteiger charge is -2.36. The van der Waals surface area contributed by atoms with Gasteiger partial charge in [0.1, 0.15) is 5.82 Å². The smallest absolute Gasteiger partial charge is 0.142 e. The number of benzene rings is 1. The highest BCUT2D eigenvalue weighted by molar-refractivity contribution is 6.31. The van der Waals surface area contributed by atoms with E-state index in [-0.39, 0.29) is 16.9 Å². The first-order chi connectivity index (χ1) is 9.11. The first-order valence-electron chi connectivity index (χ1n) is 6.40. The van der Waals surface area contributed by atoms with E-state index in [2.05, 4.69) is 15.9 Å². The van der Waals surface area contributed by atoms with Gasteiger partial charge in [-0.15, -0.1) is 0 Å². The maximum Gasteiger partial charge on any atom is 0.142 e. The zero-order valence-corrected chi connectivity index (χ0v) is 11.7. The molecule has 0 spiro atoms. The predicted octanol–water partition coefficient (Wildman–Crippen LogP) is 2.51. The van der Waals surface area contributed by atoms with Crippen LogP contribution in [-0.4, -0.2) is 42.0 Å². The number of hydrogen-bond acceptors (Lipinski definition) is 3. The van der Waals surface area contributed by atoms with Crippen LogP contribution in [-0.2, 0) is 6.54 Å². The van der Waals surface area contributed by atoms with Gasteiger partial charge in [-0.2, -0.15) is 5.26 Å². The molecule has 0 aromatic heterocycles. The van der Waals surface area contributed by atoms with Gasteiger partial charge in [0.25, 0.3) is 0 Å². The van der Waals surface area contributed by atoms with Gasteiger partial charge in [0.2, 0.25) is 0 Å². The van der Waals surface area contributed by atoms with E-state index in [0.29, 0.717) is 6.54 Å². The molecule has 102 valence electrons. The van der Waals surface area contributed by atoms with Crippen molar-refractivity contribution in [1.29, 1.82) is 5.26 Å². The molecule has 3 nitrogen and oxygen atoms in total. The summed E-state index contributed by atoms with van der Waals surface area (Å²) in [6, 6.07) is 7.13. The number of nitrogens with zero attached hydrogens (tertiary/aromatic N) is 3. The monoisotopic (exact) mass is 281 g/mol. The average Bonchev–Trinajstić information content (AvgIpc) is 2.44. The Morgan fingerprint density at radius 2 is 2.05 bits per heavy atom. The largest absolute Gasteiger partial charge is 0.296 e. The fourth-order valence-electron chi connectivity index (χ4n) is 2.30. The highest BCUT2D eigenvalue weighted by atomic mass is 35.5. The molecule has 1 saturated heterocycles. The van der Waals surface area contributed by atoms with Gasteiger partial charge in [-0.3, -0.25) is 9.80 Å². The van der Waals surface area contributed by atoms with E-state index in [1.165, 1.54) is 6.07 Å². The number of nitriles is 1. The summed E-state index contributed by atoms with van der Waals surface area (Å²) in [5.74, 6) is -0.365. The quantitative estimate of drug-likeness (QED) is 0.853. The molecule has 19 heavy (non-hydrogen) atoms. The van der Waals surface area contributed by atoms with E-state index in [1.54, 1.807) is 6.07 Å². The van der Waals surface area contributed by atoms with Gasteiger partial charge in [-0.05, 0) is 18.6 Å². The highest BCUT2D eigenvalue weighted by Gasteiger charge is 2.21. The minimum Gasteiger partial charge on any atom is -0.296 e. The molecule has 1 unspecified atom stereocenters. The maximum absolute atomic E-state index is 13.4. The first-order valence-corrected chi connectivity index (χ1v) is 6.78. The third-order valence-electron chi connectivity index (χ3n) is 3.57. The van der Waals surface area contributed by atoms with Crippen molar-refractivity contribution in [2.24, 2.45) is 0 Å². The van der Waals surface area contributed by atoms with Crippen molar-refractivity contribution in [3.8, 4) is 6.07 Å². The van der Waals surface area contributed by atoms with E-state index in [0.717, 1.165) is 31.7 Å². The minimum absolute atomic E-state index is 0.0418. The van der Waals surface area contributed by atoms with Crippen LogP contribution in [0.3, 0.4) is 0 Å². The number of hydrogen-bond donors (Lipinski definition) is 0. The van der Waals surface area contributed by atoms with E-state index in [4.69, 9.17) is 16.9 Å². The molecular weight excluding hydrogens is 265 g/mol. The third-order valence-corrected chi connectivity index (χ3v) is 3.99. The van der Waals surface area contributed by atoms with Crippen molar-refractivity contribution in [2.75, 3.05) is 26.2 Å². The summed E-state index contributed by atoms with van der Waals surface area (Å²) in [4.78, 5) is 4.39. The Labute approximate surface area is 118 Å². The SMILES string of the molecule is CC(C#N)N1CCN(Cc2cccc(F)c2Cl)CC1. The Bertz CT molecular complexity index is 478. The first kappa shape index (κ1) is 14.3. The summed E-state index contributed by atoms with van der Waals surface area (Å²) in [6.07, 6.45) is 0. The van der Waals surface area contributed by atoms with Crippen LogP contribution in [0, 0.1) is 17.1 Å². The number of rotatable bonds is 3. The lowest BCUT2D eigenvalue weighted by Crippen LogP contribution is -2.48. The van der Waals surface area contributed by atoms with Gasteiger partial charge in [-0.1, -0.05) is 23.7 Å². The molecule has 0 N–H and O–H groups in total. The zero-order valence-electron chi connectivity index (χ0n) is 10.9. The summed E-state index contributed by atoms with van der Waals surface area (Å²) in [5, 5.41) is 9.11. The molecule has 0 amide bonds. The summed E-state index contributed by atoms with van der Waals surface area (Å²) >= 11 is 5.96. The van der Waals surface area contributed by atoms with Crippen LogP contribution < -0.4 is 0 Å². The van der Waals surface area contributed by atoms with Crippen LogP contribution in [0.2, 0.25) is 5.02 Å². The molecule has 2 rings (SSSR count). The molecule has 0 radical (unpaired) electrons. The highest BCUT2D eigenvalue weighted by Crippen LogP contribution is 2.21. The van der Waals surface area contributed by atoms with Gasteiger partial charge in [0.15, 0.2) is 0 Å². The minimum atomic E-state index is -0.365. The Morgan fingerprint density at radius 1 is 1.37 bits per heavy atom. The van der Waals surface area contributed by atoms with Crippen LogP contribution in [0.15, 0.2) is 18.2 Å². The fraction of sp³-hybridized carbons (Fsp3) is 0.500. The Morgan fingerprint density at radius 3 is 2.68 bits per heavy atom. The standard InChI is InChI=1S/C14H17ClFN3/c1-11(9-17)19-7-5-18(6-8-19)10-12-3-2-4-13(16)14(12)15/h2-4,11H,5-8,10H2,1H3. The van der Waals surface area contributed by atoms with Gasteiger partial charge in [0.05, 0.1) is 17.1 Å². The molecule has 1 fully saturated rings. The Kier molecular flexibility index (Phi) is 4.76. The van der Waals surface area contributed by atoms with Gasteiger partial charge >= 0.3 is 0 Å². The molecular formula is C14H17ClFN3. The summed E-state index contributed by atoms with van der Waals surface area (Å²) in [7, 11) is 0. The third kappa shape index (κ3) is 3.44. The predicted molar refractivity (Wildman–Crippen MR) is 73.3 cm³/mol.